The smallest absolute Gasteiger partial charge is 0.340 e. The van der Waals surface area contributed by atoms with E-state index in [1.54, 1.807) is 42.5 Å². The Morgan fingerprint density at radius 2 is 1.97 bits per heavy atom. The molecule has 0 atom stereocenters. The summed E-state index contributed by atoms with van der Waals surface area (Å²) in [5.74, 6) is -1.63. The molecule has 2 aromatic heterocycles. The number of aromatic nitrogens is 2. The summed E-state index contributed by atoms with van der Waals surface area (Å²) in [4.78, 5) is 45.5. The van der Waals surface area contributed by atoms with Gasteiger partial charge in [-0.05, 0) is 30.5 Å². The monoisotopic (exact) mass is 428 g/mol. The van der Waals surface area contributed by atoms with Crippen molar-refractivity contribution in [1.29, 1.82) is 0 Å². The van der Waals surface area contributed by atoms with Crippen LogP contribution in [0.2, 0.25) is 0 Å². The summed E-state index contributed by atoms with van der Waals surface area (Å²) >= 11 is 1.33. The molecule has 0 aliphatic carbocycles. The molecule has 0 saturated heterocycles. The van der Waals surface area contributed by atoms with E-state index in [-0.39, 0.29) is 28.4 Å². The number of nitrogens with zero attached hydrogens (tertiary/aromatic N) is 2. The molecule has 0 saturated carbocycles. The van der Waals surface area contributed by atoms with Crippen molar-refractivity contribution in [3.05, 3.63) is 39.8 Å². The molecule has 1 aromatic carbocycles. The lowest BCUT2D eigenvalue weighted by Gasteiger charge is -2.23. The molecule has 3 aromatic rings. The normalized spacial score (nSPS) is 11.5. The molecule has 3 rings (SSSR count). The first-order valence-corrected chi connectivity index (χ1v) is 10.2. The second-order valence-electron chi connectivity index (χ2n) is 8.31. The Balaban J connectivity index is 1.95. The summed E-state index contributed by atoms with van der Waals surface area (Å²) in [5, 5.41) is 15.1. The number of anilines is 2. The van der Waals surface area contributed by atoms with Crippen molar-refractivity contribution in [2.75, 3.05) is 17.3 Å². The fourth-order valence-electron chi connectivity index (χ4n) is 3.07. The summed E-state index contributed by atoms with van der Waals surface area (Å²) in [6.45, 7) is 7.76. The summed E-state index contributed by atoms with van der Waals surface area (Å²) in [6, 6.07) is 5.03. The number of aromatic carboxylic acids is 1. The highest BCUT2D eigenvalue weighted by Crippen LogP contribution is 2.31. The lowest BCUT2D eigenvalue weighted by Crippen LogP contribution is -2.29. The Bertz CT molecular complexity index is 1140. The molecular weight excluding hydrogens is 404 g/mol. The largest absolute Gasteiger partial charge is 0.478 e. The number of rotatable bonds is 5. The maximum Gasteiger partial charge on any atom is 0.340 e. The van der Waals surface area contributed by atoms with Crippen LogP contribution in [0.15, 0.2) is 23.6 Å². The number of nitrogens with one attached hydrogen (secondary N) is 2. The number of aromatic amines is 1. The average Bonchev–Trinajstić information content (AvgIpc) is 3.22. The Morgan fingerprint density at radius 3 is 2.53 bits per heavy atom. The molecule has 0 fully saturated rings. The highest BCUT2D eigenvalue weighted by atomic mass is 32.1. The van der Waals surface area contributed by atoms with Crippen molar-refractivity contribution in [1.82, 2.24) is 9.97 Å². The molecule has 158 valence electrons. The maximum atomic E-state index is 12.5. The molecule has 8 nitrogen and oxygen atoms in total. The highest BCUT2D eigenvalue weighted by molar-refractivity contribution is 7.09. The van der Waals surface area contributed by atoms with E-state index in [4.69, 9.17) is 0 Å². The molecule has 0 aliphatic heterocycles. The van der Waals surface area contributed by atoms with Crippen molar-refractivity contribution in [3.63, 3.8) is 0 Å². The molecule has 0 bridgehead atoms. The fraction of sp³-hybridized carbons (Fsp3) is 0.333. The third kappa shape index (κ3) is 4.51. The van der Waals surface area contributed by atoms with Crippen LogP contribution in [0.5, 0.6) is 0 Å². The number of carbonyl (C=O) groups excluding carboxylic acids is 2. The molecule has 2 heterocycles. The van der Waals surface area contributed by atoms with Crippen molar-refractivity contribution in [2.24, 2.45) is 5.41 Å². The van der Waals surface area contributed by atoms with Crippen LogP contribution in [0.1, 0.15) is 53.0 Å². The van der Waals surface area contributed by atoms with E-state index >= 15 is 0 Å². The topological polar surface area (TPSA) is 115 Å². The molecular formula is C21H24N4O4S. The van der Waals surface area contributed by atoms with Gasteiger partial charge in [-0.25, -0.2) is 9.78 Å². The lowest BCUT2D eigenvalue weighted by atomic mass is 9.91. The van der Waals surface area contributed by atoms with Gasteiger partial charge in [-0.2, -0.15) is 0 Å². The van der Waals surface area contributed by atoms with Gasteiger partial charge in [-0.15, -0.1) is 11.3 Å². The predicted molar refractivity (Wildman–Crippen MR) is 118 cm³/mol. The fourth-order valence-corrected chi connectivity index (χ4v) is 3.66. The first-order valence-electron chi connectivity index (χ1n) is 9.35. The summed E-state index contributed by atoms with van der Waals surface area (Å²) < 4.78 is 0. The first kappa shape index (κ1) is 21.5. The Kier molecular flexibility index (Phi) is 5.67. The summed E-state index contributed by atoms with van der Waals surface area (Å²) in [7, 11) is 1.68. The van der Waals surface area contributed by atoms with Gasteiger partial charge in [-0.3, -0.25) is 9.59 Å². The van der Waals surface area contributed by atoms with Gasteiger partial charge < -0.3 is 20.3 Å². The molecule has 0 unspecified atom stereocenters. The number of hydrogen-bond acceptors (Lipinski definition) is 5. The third-order valence-corrected chi connectivity index (χ3v) is 5.30. The molecule has 2 amide bonds. The van der Waals surface area contributed by atoms with Gasteiger partial charge in [0.05, 0.1) is 5.01 Å². The predicted octanol–water partition coefficient (Wildman–Crippen LogP) is 4.28. The lowest BCUT2D eigenvalue weighted by molar-refractivity contribution is -0.120. The number of carbonyl (C=O) groups is 3. The van der Waals surface area contributed by atoms with E-state index in [2.05, 4.69) is 15.3 Å². The highest BCUT2D eigenvalue weighted by Gasteiger charge is 2.23. The number of carboxylic acids is 1. The molecule has 3 N–H and O–H groups in total. The maximum absolute atomic E-state index is 12.5. The minimum Gasteiger partial charge on any atom is -0.478 e. The zero-order valence-corrected chi connectivity index (χ0v) is 18.3. The zero-order chi connectivity index (χ0) is 22.2. The van der Waals surface area contributed by atoms with Crippen LogP contribution >= 0.6 is 11.3 Å². The first-order chi connectivity index (χ1) is 14.0. The zero-order valence-electron chi connectivity index (χ0n) is 17.5. The molecule has 0 aliphatic rings. The van der Waals surface area contributed by atoms with E-state index in [1.165, 1.54) is 11.3 Å². The van der Waals surface area contributed by atoms with Crippen LogP contribution in [0.3, 0.4) is 0 Å². The second kappa shape index (κ2) is 7.91. The van der Waals surface area contributed by atoms with Crippen LogP contribution in [-0.2, 0) is 4.79 Å². The summed E-state index contributed by atoms with van der Waals surface area (Å²) in [5.41, 5.74) is 1.17. The third-order valence-electron chi connectivity index (χ3n) is 4.53. The van der Waals surface area contributed by atoms with Crippen LogP contribution in [0, 0.1) is 12.3 Å². The van der Waals surface area contributed by atoms with Crippen LogP contribution in [0.25, 0.3) is 10.9 Å². The molecule has 30 heavy (non-hydrogen) atoms. The Morgan fingerprint density at radius 1 is 1.27 bits per heavy atom. The van der Waals surface area contributed by atoms with Crippen molar-refractivity contribution in [3.8, 4) is 0 Å². The number of benzene rings is 1. The van der Waals surface area contributed by atoms with E-state index in [0.717, 1.165) is 5.01 Å². The van der Waals surface area contributed by atoms with Gasteiger partial charge in [0.2, 0.25) is 5.91 Å². The standard InChI is InChI=1S/C21H24N4O4S/c1-11-22-15(10-30-11)19(27)24-18-17(20(28)29)13-7-6-12(8-14(13)23-18)25(5)16(26)9-21(2,3)4/h6-8,10,23H,9H2,1-5H3,(H,24,27)(H,28,29). The van der Waals surface area contributed by atoms with Crippen molar-refractivity contribution in [2.45, 2.75) is 34.1 Å². The number of thiazole rings is 1. The number of aryl methyl sites for hydroxylation is 1. The van der Waals surface area contributed by atoms with Gasteiger partial charge in [0.25, 0.3) is 5.91 Å². The average molecular weight is 429 g/mol. The number of carboxylic acid groups (broad SMARTS) is 1. The Labute approximate surface area is 177 Å². The number of H-pyrrole nitrogens is 1. The van der Waals surface area contributed by atoms with Crippen LogP contribution in [0.4, 0.5) is 11.5 Å². The second-order valence-corrected chi connectivity index (χ2v) is 9.37. The van der Waals surface area contributed by atoms with Gasteiger partial charge >= 0.3 is 5.97 Å². The van der Waals surface area contributed by atoms with Crippen LogP contribution in [-0.4, -0.2) is 39.9 Å². The van der Waals surface area contributed by atoms with Gasteiger partial charge in [0.1, 0.15) is 17.1 Å². The van der Waals surface area contributed by atoms with Crippen LogP contribution < -0.4 is 10.2 Å². The Hall–Kier alpha value is -3.20. The van der Waals surface area contributed by atoms with Gasteiger partial charge in [0, 0.05) is 35.4 Å². The van der Waals surface area contributed by atoms with Gasteiger partial charge in [0.15, 0.2) is 0 Å². The van der Waals surface area contributed by atoms with E-state index in [0.29, 0.717) is 23.0 Å². The number of hydrogen-bond donors (Lipinski definition) is 3. The number of fused-ring (bicyclic) bond motifs is 1. The van der Waals surface area contributed by atoms with Crippen molar-refractivity contribution < 1.29 is 19.5 Å². The summed E-state index contributed by atoms with van der Waals surface area (Å²) in [6.07, 6.45) is 0.376. The minimum absolute atomic E-state index is 0.0412. The minimum atomic E-state index is -1.17. The van der Waals surface area contributed by atoms with E-state index in [1.807, 2.05) is 20.8 Å². The van der Waals surface area contributed by atoms with Crippen molar-refractivity contribution >= 4 is 51.5 Å². The SMILES string of the molecule is Cc1nc(C(=O)Nc2[nH]c3cc(N(C)C(=O)CC(C)(C)C)ccc3c2C(=O)O)cs1. The van der Waals surface area contributed by atoms with E-state index < -0.39 is 11.9 Å². The molecule has 9 heteroatoms. The van der Waals surface area contributed by atoms with Gasteiger partial charge in [-0.1, -0.05) is 20.8 Å². The van der Waals surface area contributed by atoms with E-state index in [9.17, 15) is 19.5 Å². The quantitative estimate of drug-likeness (QED) is 0.561. The number of amides is 2. The molecule has 0 radical (unpaired) electrons. The molecule has 0 spiro atoms.